The van der Waals surface area contributed by atoms with Crippen LogP contribution in [0.25, 0.3) is 11.0 Å². The third-order valence-electron chi connectivity index (χ3n) is 2.52. The number of rotatable bonds is 4. The van der Waals surface area contributed by atoms with Crippen LogP contribution in [0.15, 0.2) is 27.8 Å². The van der Waals surface area contributed by atoms with Crippen molar-refractivity contribution in [3.63, 3.8) is 0 Å². The van der Waals surface area contributed by atoms with Crippen LogP contribution in [0.1, 0.15) is 0 Å². The molecule has 0 atom stereocenters. The molecule has 0 aliphatic carbocycles. The Morgan fingerprint density at radius 3 is 2.60 bits per heavy atom. The zero-order chi connectivity index (χ0) is 14.5. The number of aromatic nitrogens is 2. The van der Waals surface area contributed by atoms with Crippen LogP contribution in [0, 0.1) is 12.3 Å². The van der Waals surface area contributed by atoms with Crippen LogP contribution in [-0.4, -0.2) is 29.0 Å². The molecule has 0 aliphatic heterocycles. The molecule has 1 heterocycles. The number of hydrogen-bond donors (Lipinski definition) is 4. The molecule has 0 saturated carbocycles. The standard InChI is InChI=1S/C13H12N4O3/c1-2-5-14-7-11(18)15-8-3-4-9-10(6-8)17-13(20)12(19)16-9/h1,3-4,6,14H,5,7H2,(H,15,18)(H,16,19)(H,17,20). The Labute approximate surface area is 113 Å². The molecule has 2 rings (SSSR count). The molecule has 0 bridgehead atoms. The second kappa shape index (κ2) is 5.86. The fraction of sp³-hybridized carbons (Fsp3) is 0.154. The van der Waals surface area contributed by atoms with Gasteiger partial charge in [-0.3, -0.25) is 19.7 Å². The van der Waals surface area contributed by atoms with E-state index >= 15 is 0 Å². The molecular formula is C13H12N4O3. The summed E-state index contributed by atoms with van der Waals surface area (Å²) < 4.78 is 0. The van der Waals surface area contributed by atoms with Gasteiger partial charge in [-0.05, 0) is 18.2 Å². The summed E-state index contributed by atoms with van der Waals surface area (Å²) in [6.45, 7) is 0.393. The maximum atomic E-state index is 11.6. The first-order valence-corrected chi connectivity index (χ1v) is 5.80. The quantitative estimate of drug-likeness (QED) is 0.338. The molecule has 2 aromatic rings. The maximum absolute atomic E-state index is 11.6. The summed E-state index contributed by atoms with van der Waals surface area (Å²) in [5.41, 5.74) is -0.0285. The molecule has 4 N–H and O–H groups in total. The van der Waals surface area contributed by atoms with Gasteiger partial charge in [0.1, 0.15) is 0 Å². The van der Waals surface area contributed by atoms with E-state index < -0.39 is 11.1 Å². The van der Waals surface area contributed by atoms with Crippen LogP contribution in [-0.2, 0) is 4.79 Å². The van der Waals surface area contributed by atoms with Crippen molar-refractivity contribution in [2.45, 2.75) is 0 Å². The minimum absolute atomic E-state index is 0.0877. The van der Waals surface area contributed by atoms with Gasteiger partial charge in [-0.25, -0.2) is 0 Å². The van der Waals surface area contributed by atoms with Crippen LogP contribution in [0.4, 0.5) is 5.69 Å². The second-order valence-corrected chi connectivity index (χ2v) is 4.02. The predicted octanol–water partition coefficient (Wildman–Crippen LogP) is -0.622. The number of carbonyl (C=O) groups is 1. The number of benzene rings is 1. The summed E-state index contributed by atoms with van der Waals surface area (Å²) in [5, 5.41) is 5.40. The molecule has 20 heavy (non-hydrogen) atoms. The molecule has 0 aliphatic rings. The zero-order valence-electron chi connectivity index (χ0n) is 10.4. The Bertz CT molecular complexity index is 798. The van der Waals surface area contributed by atoms with E-state index in [0.29, 0.717) is 23.3 Å². The maximum Gasteiger partial charge on any atom is 0.314 e. The number of carbonyl (C=O) groups excluding carboxylic acids is 1. The number of H-pyrrole nitrogens is 2. The largest absolute Gasteiger partial charge is 0.325 e. The van der Waals surface area contributed by atoms with E-state index in [4.69, 9.17) is 6.42 Å². The molecule has 0 radical (unpaired) electrons. The van der Waals surface area contributed by atoms with Crippen LogP contribution in [0.2, 0.25) is 0 Å². The molecule has 7 heteroatoms. The molecule has 102 valence electrons. The average Bonchev–Trinajstić information content (AvgIpc) is 2.41. The van der Waals surface area contributed by atoms with E-state index in [-0.39, 0.29) is 12.5 Å². The highest BCUT2D eigenvalue weighted by atomic mass is 16.2. The lowest BCUT2D eigenvalue weighted by Crippen LogP contribution is -2.29. The minimum Gasteiger partial charge on any atom is -0.325 e. The smallest absolute Gasteiger partial charge is 0.314 e. The summed E-state index contributed by atoms with van der Waals surface area (Å²) in [6, 6.07) is 4.78. The molecule has 0 saturated heterocycles. The lowest BCUT2D eigenvalue weighted by molar-refractivity contribution is -0.115. The van der Waals surface area contributed by atoms with Gasteiger partial charge >= 0.3 is 11.1 Å². The molecular weight excluding hydrogens is 260 g/mol. The first-order valence-electron chi connectivity index (χ1n) is 5.80. The Morgan fingerprint density at radius 1 is 1.20 bits per heavy atom. The van der Waals surface area contributed by atoms with Crippen LogP contribution >= 0.6 is 0 Å². The van der Waals surface area contributed by atoms with Crippen LogP contribution < -0.4 is 21.8 Å². The van der Waals surface area contributed by atoms with Gasteiger partial charge in [0.05, 0.1) is 24.1 Å². The highest BCUT2D eigenvalue weighted by Gasteiger charge is 2.04. The van der Waals surface area contributed by atoms with Crippen molar-refractivity contribution in [1.82, 2.24) is 15.3 Å². The predicted molar refractivity (Wildman–Crippen MR) is 75.5 cm³/mol. The van der Waals surface area contributed by atoms with Gasteiger partial charge in [0.15, 0.2) is 0 Å². The summed E-state index contributed by atoms with van der Waals surface area (Å²) in [5.74, 6) is 2.10. The fourth-order valence-corrected chi connectivity index (χ4v) is 1.65. The number of amides is 1. The summed E-state index contributed by atoms with van der Waals surface area (Å²) in [4.78, 5) is 38.8. The Balaban J connectivity index is 2.18. The van der Waals surface area contributed by atoms with Crippen molar-refractivity contribution in [2.24, 2.45) is 0 Å². The SMILES string of the molecule is C#CCNCC(=O)Nc1ccc2[nH]c(=O)c(=O)[nH]c2c1. The van der Waals surface area contributed by atoms with E-state index in [2.05, 4.69) is 26.5 Å². The van der Waals surface area contributed by atoms with Crippen molar-refractivity contribution in [3.8, 4) is 12.3 Å². The number of anilines is 1. The molecule has 0 unspecified atom stereocenters. The number of nitrogens with one attached hydrogen (secondary N) is 4. The Kier molecular flexibility index (Phi) is 3.98. The lowest BCUT2D eigenvalue weighted by Gasteiger charge is -2.06. The van der Waals surface area contributed by atoms with E-state index in [1.165, 1.54) is 0 Å². The molecule has 7 nitrogen and oxygen atoms in total. The number of fused-ring (bicyclic) bond motifs is 1. The van der Waals surface area contributed by atoms with Crippen molar-refractivity contribution in [1.29, 1.82) is 0 Å². The second-order valence-electron chi connectivity index (χ2n) is 4.02. The van der Waals surface area contributed by atoms with Crippen molar-refractivity contribution in [3.05, 3.63) is 38.9 Å². The highest BCUT2D eigenvalue weighted by molar-refractivity contribution is 5.94. The van der Waals surface area contributed by atoms with Crippen molar-refractivity contribution < 1.29 is 4.79 Å². The van der Waals surface area contributed by atoms with Crippen molar-refractivity contribution in [2.75, 3.05) is 18.4 Å². The monoisotopic (exact) mass is 272 g/mol. The Morgan fingerprint density at radius 2 is 1.90 bits per heavy atom. The average molecular weight is 272 g/mol. The first-order chi connectivity index (χ1) is 9.60. The number of aromatic amines is 2. The van der Waals surface area contributed by atoms with Gasteiger partial charge in [-0.1, -0.05) is 5.92 Å². The number of hydrogen-bond acceptors (Lipinski definition) is 4. The summed E-state index contributed by atoms with van der Waals surface area (Å²) in [6.07, 6.45) is 5.05. The fourth-order valence-electron chi connectivity index (χ4n) is 1.65. The van der Waals surface area contributed by atoms with Gasteiger partial charge in [-0.2, -0.15) is 0 Å². The topological polar surface area (TPSA) is 107 Å². The van der Waals surface area contributed by atoms with Gasteiger partial charge in [0.25, 0.3) is 0 Å². The molecule has 0 spiro atoms. The van der Waals surface area contributed by atoms with Crippen LogP contribution in [0.3, 0.4) is 0 Å². The van der Waals surface area contributed by atoms with Gasteiger partial charge < -0.3 is 15.3 Å². The van der Waals surface area contributed by atoms with Gasteiger partial charge in [-0.15, -0.1) is 6.42 Å². The van der Waals surface area contributed by atoms with E-state index in [0.717, 1.165) is 0 Å². The molecule has 1 aromatic carbocycles. The lowest BCUT2D eigenvalue weighted by atomic mass is 10.2. The van der Waals surface area contributed by atoms with Crippen molar-refractivity contribution >= 4 is 22.6 Å². The number of terminal acetylenes is 1. The van der Waals surface area contributed by atoms with E-state index in [1.807, 2.05) is 0 Å². The normalized spacial score (nSPS) is 10.2. The minimum atomic E-state index is -0.739. The summed E-state index contributed by atoms with van der Waals surface area (Å²) >= 11 is 0. The third-order valence-corrected chi connectivity index (χ3v) is 2.52. The van der Waals surface area contributed by atoms with E-state index in [1.54, 1.807) is 18.2 Å². The molecule has 1 amide bonds. The van der Waals surface area contributed by atoms with Gasteiger partial charge in [0, 0.05) is 5.69 Å². The Hall–Kier alpha value is -2.85. The van der Waals surface area contributed by atoms with Gasteiger partial charge in [0.2, 0.25) is 5.91 Å². The highest BCUT2D eigenvalue weighted by Crippen LogP contribution is 2.13. The summed E-state index contributed by atoms with van der Waals surface area (Å²) in [7, 11) is 0. The zero-order valence-corrected chi connectivity index (χ0v) is 10.4. The molecule has 1 aromatic heterocycles. The molecule has 0 fully saturated rings. The van der Waals surface area contributed by atoms with E-state index in [9.17, 15) is 14.4 Å². The first kappa shape index (κ1) is 13.6. The van der Waals surface area contributed by atoms with Crippen LogP contribution in [0.5, 0.6) is 0 Å². The third kappa shape index (κ3) is 3.13.